The molecule has 0 saturated carbocycles. The van der Waals surface area contributed by atoms with E-state index in [0.29, 0.717) is 11.3 Å². The highest BCUT2D eigenvalue weighted by molar-refractivity contribution is 7.81. The van der Waals surface area contributed by atoms with Crippen LogP contribution in [-0.2, 0) is 0 Å². The number of anilines is 1. The Balaban J connectivity index is 2.60. The van der Waals surface area contributed by atoms with Crippen molar-refractivity contribution in [2.24, 2.45) is 0 Å². The summed E-state index contributed by atoms with van der Waals surface area (Å²) in [5.41, 5.74) is 1.90. The summed E-state index contributed by atoms with van der Waals surface area (Å²) in [6.45, 7) is 0. The van der Waals surface area contributed by atoms with Crippen molar-refractivity contribution in [3.63, 3.8) is 0 Å². The van der Waals surface area contributed by atoms with E-state index in [1.807, 2.05) is 18.2 Å². The fourth-order valence-corrected chi connectivity index (χ4v) is 1.75. The lowest BCUT2D eigenvalue weighted by atomic mass is 10.0. The Morgan fingerprint density at radius 1 is 0.875 bits per heavy atom. The minimum absolute atomic E-state index is 0.171. The van der Waals surface area contributed by atoms with E-state index in [2.05, 4.69) is 12.8 Å². The van der Waals surface area contributed by atoms with Crippen molar-refractivity contribution in [2.45, 2.75) is 0 Å². The van der Waals surface area contributed by atoms with Crippen LogP contribution in [0.25, 0.3) is 11.1 Å². The maximum atomic E-state index is 9.75. The van der Waals surface area contributed by atoms with Gasteiger partial charge in [0.25, 0.3) is 0 Å². The third-order valence-electron chi connectivity index (χ3n) is 2.31. The summed E-state index contributed by atoms with van der Waals surface area (Å²) in [5, 5.41) is 19.1. The summed E-state index contributed by atoms with van der Waals surface area (Å²) in [5.74, 6) is 0.171. The van der Waals surface area contributed by atoms with Gasteiger partial charge in [-0.3, -0.25) is 5.21 Å². The van der Waals surface area contributed by atoms with Gasteiger partial charge >= 0.3 is 0 Å². The molecule has 2 N–H and O–H groups in total. The maximum Gasteiger partial charge on any atom is 0.123 e. The third-order valence-corrected chi connectivity index (χ3v) is 2.53. The monoisotopic (exact) mass is 233 g/mol. The highest BCUT2D eigenvalue weighted by Crippen LogP contribution is 2.35. The molecule has 16 heavy (non-hydrogen) atoms. The number of thiol groups is 1. The number of phenols is 1. The van der Waals surface area contributed by atoms with Gasteiger partial charge in [0.15, 0.2) is 0 Å². The molecule has 0 saturated heterocycles. The van der Waals surface area contributed by atoms with Crippen LogP contribution in [0.15, 0.2) is 48.5 Å². The summed E-state index contributed by atoms with van der Waals surface area (Å²) in [6.07, 6.45) is 0. The predicted octanol–water partition coefficient (Wildman–Crippen LogP) is 3.10. The van der Waals surface area contributed by atoms with Crippen LogP contribution < -0.4 is 4.47 Å². The number of phenolic OH excluding ortho intramolecular Hbond substituents is 1. The Hall–Kier alpha value is -1.65. The summed E-state index contributed by atoms with van der Waals surface area (Å²) >= 11 is 3.85. The minimum Gasteiger partial charge on any atom is -0.507 e. The number of para-hydroxylation sites is 2. The fourth-order valence-electron chi connectivity index (χ4n) is 1.58. The number of rotatable bonds is 2. The van der Waals surface area contributed by atoms with E-state index in [-0.39, 0.29) is 5.75 Å². The molecule has 0 aliphatic rings. The second kappa shape index (κ2) is 4.47. The Morgan fingerprint density at radius 3 is 2.06 bits per heavy atom. The van der Waals surface area contributed by atoms with E-state index in [0.717, 1.165) is 10.0 Å². The molecule has 0 spiro atoms. The molecule has 0 fully saturated rings. The van der Waals surface area contributed by atoms with Crippen LogP contribution in [0.4, 0.5) is 5.69 Å². The Bertz CT molecular complexity index is 500. The van der Waals surface area contributed by atoms with Gasteiger partial charge in [-0.2, -0.15) is 0 Å². The molecule has 0 bridgehead atoms. The normalized spacial score (nSPS) is 10.1. The van der Waals surface area contributed by atoms with Crippen LogP contribution in [0.2, 0.25) is 0 Å². The van der Waals surface area contributed by atoms with E-state index in [4.69, 9.17) is 0 Å². The lowest BCUT2D eigenvalue weighted by molar-refractivity contribution is 0.334. The molecule has 2 rings (SSSR count). The fraction of sp³-hybridized carbons (Fsp3) is 0. The molecule has 0 heterocycles. The predicted molar refractivity (Wildman–Crippen MR) is 66.8 cm³/mol. The van der Waals surface area contributed by atoms with Gasteiger partial charge in [0.1, 0.15) is 5.75 Å². The van der Waals surface area contributed by atoms with E-state index in [9.17, 15) is 10.3 Å². The molecule has 82 valence electrons. The Morgan fingerprint density at radius 2 is 1.44 bits per heavy atom. The van der Waals surface area contributed by atoms with Crippen molar-refractivity contribution in [3.8, 4) is 16.9 Å². The van der Waals surface area contributed by atoms with Gasteiger partial charge in [-0.1, -0.05) is 36.4 Å². The molecule has 0 atom stereocenters. The molecule has 0 unspecified atom stereocenters. The van der Waals surface area contributed by atoms with Crippen LogP contribution in [0, 0.1) is 0 Å². The first-order chi connectivity index (χ1) is 7.70. The van der Waals surface area contributed by atoms with Crippen LogP contribution in [0.1, 0.15) is 0 Å². The Kier molecular flexibility index (Phi) is 3.03. The maximum absolute atomic E-state index is 9.75. The lowest BCUT2D eigenvalue weighted by Crippen LogP contribution is -2.03. The van der Waals surface area contributed by atoms with Crippen LogP contribution in [-0.4, -0.2) is 10.3 Å². The number of nitrogens with zero attached hydrogens (tertiary/aromatic N) is 1. The minimum atomic E-state index is 0.171. The SMILES string of the molecule is Oc1ccccc1-c1ccccc1N(O)S. The zero-order valence-electron chi connectivity index (χ0n) is 8.41. The first-order valence-corrected chi connectivity index (χ1v) is 5.15. The second-order valence-electron chi connectivity index (χ2n) is 3.32. The van der Waals surface area contributed by atoms with Crippen LogP contribution in [0.5, 0.6) is 5.75 Å². The third kappa shape index (κ3) is 1.98. The zero-order chi connectivity index (χ0) is 11.5. The topological polar surface area (TPSA) is 43.7 Å². The molecule has 0 radical (unpaired) electrons. The smallest absolute Gasteiger partial charge is 0.123 e. The number of aromatic hydroxyl groups is 1. The van der Waals surface area contributed by atoms with Crippen LogP contribution in [0.3, 0.4) is 0 Å². The molecule has 0 aliphatic heterocycles. The molecular weight excluding hydrogens is 222 g/mol. The van der Waals surface area contributed by atoms with Gasteiger partial charge in [-0.05, 0) is 24.9 Å². The van der Waals surface area contributed by atoms with Gasteiger partial charge in [0.05, 0.1) is 5.69 Å². The van der Waals surface area contributed by atoms with E-state index < -0.39 is 0 Å². The number of hydrogen-bond donors (Lipinski definition) is 3. The molecule has 3 nitrogen and oxygen atoms in total. The average molecular weight is 233 g/mol. The van der Waals surface area contributed by atoms with E-state index in [1.165, 1.54) is 0 Å². The lowest BCUT2D eigenvalue weighted by Gasteiger charge is -2.14. The molecule has 0 amide bonds. The number of hydrogen-bond acceptors (Lipinski definition) is 4. The van der Waals surface area contributed by atoms with Crippen molar-refractivity contribution < 1.29 is 10.3 Å². The standard InChI is InChI=1S/C12H11NO2S/c14-12-8-4-2-6-10(12)9-5-1-3-7-11(9)13(15)16/h1-8,14-16H. The van der Waals surface area contributed by atoms with E-state index >= 15 is 0 Å². The molecule has 0 aliphatic carbocycles. The van der Waals surface area contributed by atoms with Gasteiger partial charge < -0.3 is 5.11 Å². The summed E-state index contributed by atoms with van der Waals surface area (Å²) < 4.78 is 0.738. The summed E-state index contributed by atoms with van der Waals surface area (Å²) in [4.78, 5) is 0. The van der Waals surface area contributed by atoms with Crippen molar-refractivity contribution in [1.82, 2.24) is 0 Å². The highest BCUT2D eigenvalue weighted by Gasteiger charge is 2.10. The van der Waals surface area contributed by atoms with Crippen LogP contribution >= 0.6 is 12.8 Å². The number of benzene rings is 2. The Labute approximate surface area is 99.1 Å². The van der Waals surface area contributed by atoms with Gasteiger partial charge in [-0.25, -0.2) is 4.47 Å². The molecular formula is C12H11NO2S. The first-order valence-electron chi connectivity index (χ1n) is 4.75. The van der Waals surface area contributed by atoms with Crippen molar-refractivity contribution in [1.29, 1.82) is 0 Å². The van der Waals surface area contributed by atoms with Crippen molar-refractivity contribution in [3.05, 3.63) is 48.5 Å². The van der Waals surface area contributed by atoms with Gasteiger partial charge in [-0.15, -0.1) is 0 Å². The van der Waals surface area contributed by atoms with Gasteiger partial charge in [0.2, 0.25) is 0 Å². The quantitative estimate of drug-likeness (QED) is 0.551. The molecule has 4 heteroatoms. The van der Waals surface area contributed by atoms with Crippen molar-refractivity contribution in [2.75, 3.05) is 4.47 Å². The summed E-state index contributed by atoms with van der Waals surface area (Å²) in [7, 11) is 0. The average Bonchev–Trinajstić information content (AvgIpc) is 2.29. The van der Waals surface area contributed by atoms with E-state index in [1.54, 1.807) is 30.3 Å². The highest BCUT2D eigenvalue weighted by atomic mass is 32.1. The van der Waals surface area contributed by atoms with Gasteiger partial charge in [0, 0.05) is 11.1 Å². The molecule has 0 aromatic heterocycles. The largest absolute Gasteiger partial charge is 0.507 e. The van der Waals surface area contributed by atoms with Crippen molar-refractivity contribution >= 4 is 18.5 Å². The molecule has 2 aromatic carbocycles. The summed E-state index contributed by atoms with van der Waals surface area (Å²) in [6, 6.07) is 14.1. The first kappa shape index (κ1) is 10.9. The molecule has 2 aromatic rings. The second-order valence-corrected chi connectivity index (χ2v) is 3.70. The zero-order valence-corrected chi connectivity index (χ0v) is 9.30.